The van der Waals surface area contributed by atoms with Crippen LogP contribution in [0.5, 0.6) is 0 Å². The first-order chi connectivity index (χ1) is 11.1. The van der Waals surface area contributed by atoms with Crippen molar-refractivity contribution in [1.82, 2.24) is 0 Å². The number of hydrogen-bond donors (Lipinski definition) is 2. The van der Waals surface area contributed by atoms with Crippen LogP contribution in [-0.2, 0) is 11.4 Å². The summed E-state index contributed by atoms with van der Waals surface area (Å²) in [6.45, 7) is -0.101. The van der Waals surface area contributed by atoms with Crippen LogP contribution in [0, 0.1) is 0 Å². The fourth-order valence-corrected chi connectivity index (χ4v) is 1.98. The van der Waals surface area contributed by atoms with Crippen LogP contribution in [-0.4, -0.2) is 73.4 Å². The van der Waals surface area contributed by atoms with Crippen LogP contribution >= 0.6 is 0 Å². The first-order valence-corrected chi connectivity index (χ1v) is 7.02. The molecule has 2 aromatic carbocycles. The molecule has 0 spiro atoms. The fourth-order valence-electron chi connectivity index (χ4n) is 1.98. The Bertz CT molecular complexity index is 761. The monoisotopic (exact) mass is 348 g/mol. The molecule has 0 amide bonds. The van der Waals surface area contributed by atoms with Crippen molar-refractivity contribution < 1.29 is 19.8 Å². The van der Waals surface area contributed by atoms with Gasteiger partial charge in [0.25, 0.3) is 0 Å². The number of aliphatic carboxylic acids is 1. The van der Waals surface area contributed by atoms with E-state index < -0.39 is 5.97 Å². The van der Waals surface area contributed by atoms with Crippen molar-refractivity contribution >= 4 is 75.3 Å². The van der Waals surface area contributed by atoms with Crippen molar-refractivity contribution in [3.05, 3.63) is 82.9 Å². The number of carboxylic acids is 1. The number of benzene rings is 2. The van der Waals surface area contributed by atoms with E-state index in [1.807, 2.05) is 0 Å². The summed E-state index contributed by atoms with van der Waals surface area (Å²) in [5.74, 6) is -1.14. The summed E-state index contributed by atoms with van der Waals surface area (Å²) < 4.78 is 0. The molecule has 118 valence electrons. The molecule has 0 radical (unpaired) electrons. The van der Waals surface area contributed by atoms with Gasteiger partial charge in [-0.2, -0.15) is 0 Å². The van der Waals surface area contributed by atoms with Gasteiger partial charge in [-0.25, -0.2) is 4.79 Å². The molecule has 0 atom stereocenters. The molecule has 0 fully saturated rings. The van der Waals surface area contributed by atoms with Crippen LogP contribution in [0.15, 0.2) is 60.7 Å². The number of ketones is 1. The molecule has 0 aliphatic rings. The Hall–Kier alpha value is -1.34. The average molecular weight is 348 g/mol. The third-order valence-corrected chi connectivity index (χ3v) is 3.18. The van der Waals surface area contributed by atoms with Gasteiger partial charge in [0, 0.05) is 11.6 Å². The van der Waals surface area contributed by atoms with E-state index in [4.69, 9.17) is 10.2 Å². The van der Waals surface area contributed by atoms with Crippen LogP contribution in [0.25, 0.3) is 12.2 Å². The second-order valence-corrected chi connectivity index (χ2v) is 4.89. The van der Waals surface area contributed by atoms with Crippen LogP contribution in [0.4, 0.5) is 0 Å². The molecule has 2 aromatic rings. The number of hydrogen-bond acceptors (Lipinski definition) is 3. The first kappa shape index (κ1) is 20.7. The minimum atomic E-state index is -0.996. The molecule has 0 aliphatic heterocycles. The summed E-state index contributed by atoms with van der Waals surface area (Å²) in [5.41, 5.74) is 2.82. The molecule has 0 heterocycles. The molecule has 0 bridgehead atoms. The molecule has 0 aromatic heterocycles. The Balaban J connectivity index is 0.00000288. The number of rotatable bonds is 6. The predicted octanol–water partition coefficient (Wildman–Crippen LogP) is 2.52. The Morgan fingerprint density at radius 2 is 1.50 bits per heavy atom. The second kappa shape index (κ2) is 10.5. The molecule has 5 heteroatoms. The second-order valence-electron chi connectivity index (χ2n) is 4.89. The zero-order valence-electron chi connectivity index (χ0n) is 12.3. The quantitative estimate of drug-likeness (QED) is 0.478. The third kappa shape index (κ3) is 6.64. The molecule has 24 heavy (non-hydrogen) atoms. The van der Waals surface area contributed by atoms with E-state index in [1.165, 1.54) is 12.2 Å². The standard InChI is InChI=1S/C19H16O4.K.H/c20-13-16-2-1-3-17(12-16)18(21)10-8-14-4-6-15(7-5-14)9-11-19(22)23;;/h1-12,20H,13H2,(H,22,23);;/b10-8+,11-9+;;. The van der Waals surface area contributed by atoms with Crippen molar-refractivity contribution in [1.29, 1.82) is 0 Å². The van der Waals surface area contributed by atoms with Crippen molar-refractivity contribution in [2.24, 2.45) is 0 Å². The number of carbonyl (C=O) groups excluding carboxylic acids is 1. The van der Waals surface area contributed by atoms with E-state index in [1.54, 1.807) is 54.6 Å². The fraction of sp³-hybridized carbons (Fsp3) is 0.0526. The molecule has 2 N–H and O–H groups in total. The summed E-state index contributed by atoms with van der Waals surface area (Å²) in [4.78, 5) is 22.5. The van der Waals surface area contributed by atoms with Gasteiger partial charge in [-0.05, 0) is 34.9 Å². The van der Waals surface area contributed by atoms with E-state index in [9.17, 15) is 9.59 Å². The topological polar surface area (TPSA) is 74.6 Å². The Labute approximate surface area is 182 Å². The predicted molar refractivity (Wildman–Crippen MR) is 96.0 cm³/mol. The number of allylic oxidation sites excluding steroid dienone is 1. The van der Waals surface area contributed by atoms with Gasteiger partial charge < -0.3 is 10.2 Å². The molecule has 0 saturated carbocycles. The Morgan fingerprint density at radius 1 is 0.917 bits per heavy atom. The van der Waals surface area contributed by atoms with Gasteiger partial charge in [0.2, 0.25) is 0 Å². The van der Waals surface area contributed by atoms with E-state index in [0.717, 1.165) is 17.2 Å². The number of aliphatic hydroxyl groups is 1. The van der Waals surface area contributed by atoms with Crippen molar-refractivity contribution in [2.75, 3.05) is 0 Å². The van der Waals surface area contributed by atoms with Gasteiger partial charge in [0.05, 0.1) is 6.61 Å². The van der Waals surface area contributed by atoms with Gasteiger partial charge in [-0.1, -0.05) is 48.5 Å². The number of carbonyl (C=O) groups is 2. The van der Waals surface area contributed by atoms with Crippen LogP contribution < -0.4 is 0 Å². The summed E-state index contributed by atoms with van der Waals surface area (Å²) in [6, 6.07) is 14.0. The van der Waals surface area contributed by atoms with Gasteiger partial charge >= 0.3 is 57.4 Å². The van der Waals surface area contributed by atoms with Gasteiger partial charge in [0.1, 0.15) is 0 Å². The minimum absolute atomic E-state index is 0. The van der Waals surface area contributed by atoms with Crippen molar-refractivity contribution in [2.45, 2.75) is 6.61 Å². The van der Waals surface area contributed by atoms with Crippen LogP contribution in [0.2, 0.25) is 0 Å². The molecule has 0 saturated heterocycles. The Kier molecular flexibility index (Phi) is 9.06. The van der Waals surface area contributed by atoms with E-state index in [2.05, 4.69) is 0 Å². The van der Waals surface area contributed by atoms with Crippen molar-refractivity contribution in [3.8, 4) is 0 Å². The summed E-state index contributed by atoms with van der Waals surface area (Å²) >= 11 is 0. The van der Waals surface area contributed by atoms with Gasteiger partial charge in [0.15, 0.2) is 5.78 Å². The summed E-state index contributed by atoms with van der Waals surface area (Å²) in [7, 11) is 0. The summed E-state index contributed by atoms with van der Waals surface area (Å²) in [5, 5.41) is 17.7. The number of carboxylic acid groups (broad SMARTS) is 1. The molecule has 2 rings (SSSR count). The zero-order valence-corrected chi connectivity index (χ0v) is 12.3. The molecule has 4 nitrogen and oxygen atoms in total. The molecule has 0 unspecified atom stereocenters. The molecule has 0 aliphatic carbocycles. The number of aliphatic hydroxyl groups excluding tert-OH is 1. The first-order valence-electron chi connectivity index (χ1n) is 7.02. The van der Waals surface area contributed by atoms with Crippen molar-refractivity contribution in [3.63, 3.8) is 0 Å². The SMILES string of the molecule is O=C(O)/C=C/c1ccc(/C=C/C(=O)c2cccc(CO)c2)cc1.[KH]. The third-order valence-electron chi connectivity index (χ3n) is 3.18. The van der Waals surface area contributed by atoms with E-state index in [0.29, 0.717) is 11.1 Å². The van der Waals surface area contributed by atoms with Gasteiger partial charge in [-0.15, -0.1) is 0 Å². The average Bonchev–Trinajstić information content (AvgIpc) is 2.58. The maximum absolute atomic E-state index is 12.1. The molecular formula is C19H17KO4. The van der Waals surface area contributed by atoms with Gasteiger partial charge in [-0.3, -0.25) is 4.79 Å². The van der Waals surface area contributed by atoms with E-state index >= 15 is 0 Å². The summed E-state index contributed by atoms with van der Waals surface area (Å²) in [6.07, 6.45) is 5.74. The molecular weight excluding hydrogens is 331 g/mol. The van der Waals surface area contributed by atoms with Crippen LogP contribution in [0.1, 0.15) is 27.0 Å². The van der Waals surface area contributed by atoms with Crippen LogP contribution in [0.3, 0.4) is 0 Å². The normalized spacial score (nSPS) is 10.7. The van der Waals surface area contributed by atoms with E-state index in [-0.39, 0.29) is 63.8 Å². The zero-order chi connectivity index (χ0) is 16.7. The maximum atomic E-state index is 12.1. The Morgan fingerprint density at radius 3 is 2.04 bits per heavy atom.